The molecular formula is C16H16FNO. The second-order valence-electron chi connectivity index (χ2n) is 4.55. The number of ketones is 1. The highest BCUT2D eigenvalue weighted by Gasteiger charge is 2.08. The molecule has 2 aromatic rings. The van der Waals surface area contributed by atoms with Crippen molar-refractivity contribution in [2.75, 3.05) is 5.73 Å². The Morgan fingerprint density at radius 1 is 1.11 bits per heavy atom. The van der Waals surface area contributed by atoms with Crippen molar-refractivity contribution in [1.29, 1.82) is 0 Å². The number of nitrogen functional groups attached to an aromatic ring is 1. The lowest BCUT2D eigenvalue weighted by Crippen LogP contribution is -2.06. The summed E-state index contributed by atoms with van der Waals surface area (Å²) in [6.07, 6.45) is 1.19. The molecule has 0 aromatic heterocycles. The van der Waals surface area contributed by atoms with Crippen molar-refractivity contribution in [2.45, 2.75) is 19.3 Å². The molecule has 0 radical (unpaired) electrons. The van der Waals surface area contributed by atoms with Crippen molar-refractivity contribution in [3.8, 4) is 0 Å². The van der Waals surface area contributed by atoms with Crippen LogP contribution in [0.1, 0.15) is 17.5 Å². The predicted molar refractivity (Wildman–Crippen MR) is 74.3 cm³/mol. The molecule has 0 saturated carbocycles. The maximum Gasteiger partial charge on any atom is 0.137 e. The number of carbonyl (C=O) groups excluding carboxylic acids is 1. The third kappa shape index (κ3) is 3.91. The zero-order valence-corrected chi connectivity index (χ0v) is 10.6. The average Bonchev–Trinajstić information content (AvgIpc) is 2.39. The Kier molecular flexibility index (Phi) is 4.29. The van der Waals surface area contributed by atoms with Crippen molar-refractivity contribution in [1.82, 2.24) is 0 Å². The van der Waals surface area contributed by atoms with Crippen molar-refractivity contribution in [3.05, 3.63) is 65.5 Å². The number of aryl methyl sites for hydroxylation is 1. The number of Topliss-reactive ketones (excluding diaryl/α,β-unsaturated/α-hetero) is 1. The minimum absolute atomic E-state index is 0.0347. The van der Waals surface area contributed by atoms with E-state index in [2.05, 4.69) is 0 Å². The molecule has 98 valence electrons. The Bertz CT molecular complexity index is 580. The van der Waals surface area contributed by atoms with Crippen LogP contribution in [0.4, 0.5) is 10.1 Å². The Morgan fingerprint density at radius 3 is 2.63 bits per heavy atom. The summed E-state index contributed by atoms with van der Waals surface area (Å²) in [7, 11) is 0. The number of hydrogen-bond acceptors (Lipinski definition) is 2. The van der Waals surface area contributed by atoms with Crippen LogP contribution in [0.2, 0.25) is 0 Å². The maximum absolute atomic E-state index is 13.4. The van der Waals surface area contributed by atoms with E-state index in [1.54, 1.807) is 18.2 Å². The molecule has 0 atom stereocenters. The van der Waals surface area contributed by atoms with E-state index in [0.717, 1.165) is 5.56 Å². The molecule has 0 spiro atoms. The van der Waals surface area contributed by atoms with Gasteiger partial charge in [0.05, 0.1) is 0 Å². The SMILES string of the molecule is Nc1cccc(CCC(=O)Cc2ccccc2F)c1. The number of benzene rings is 2. The molecule has 0 bridgehead atoms. The molecular weight excluding hydrogens is 241 g/mol. The molecule has 0 aliphatic carbocycles. The smallest absolute Gasteiger partial charge is 0.137 e. The van der Waals surface area contributed by atoms with Gasteiger partial charge >= 0.3 is 0 Å². The van der Waals surface area contributed by atoms with Gasteiger partial charge in [-0.2, -0.15) is 0 Å². The van der Waals surface area contributed by atoms with E-state index in [1.165, 1.54) is 6.07 Å². The highest BCUT2D eigenvalue weighted by molar-refractivity contribution is 5.81. The molecule has 0 saturated heterocycles. The van der Waals surface area contributed by atoms with Crippen LogP contribution in [-0.2, 0) is 17.6 Å². The van der Waals surface area contributed by atoms with Gasteiger partial charge in [-0.1, -0.05) is 30.3 Å². The van der Waals surface area contributed by atoms with Gasteiger partial charge in [-0.3, -0.25) is 4.79 Å². The summed E-state index contributed by atoms with van der Waals surface area (Å²) in [6, 6.07) is 13.9. The molecule has 3 heteroatoms. The molecule has 0 heterocycles. The van der Waals surface area contributed by atoms with Gasteiger partial charge in [-0.25, -0.2) is 4.39 Å². The Morgan fingerprint density at radius 2 is 1.89 bits per heavy atom. The van der Waals surface area contributed by atoms with Crippen LogP contribution in [0, 0.1) is 5.82 Å². The lowest BCUT2D eigenvalue weighted by molar-refractivity contribution is -0.118. The van der Waals surface area contributed by atoms with E-state index in [1.807, 2.05) is 24.3 Å². The third-order valence-corrected chi connectivity index (χ3v) is 2.99. The maximum atomic E-state index is 13.4. The summed E-state index contributed by atoms with van der Waals surface area (Å²) in [5, 5.41) is 0. The van der Waals surface area contributed by atoms with Crippen LogP contribution in [0.5, 0.6) is 0 Å². The molecule has 2 nitrogen and oxygen atoms in total. The summed E-state index contributed by atoms with van der Waals surface area (Å²) in [5.41, 5.74) is 7.86. The second-order valence-corrected chi connectivity index (χ2v) is 4.55. The summed E-state index contributed by atoms with van der Waals surface area (Å²) in [6.45, 7) is 0. The van der Waals surface area contributed by atoms with Crippen LogP contribution in [-0.4, -0.2) is 5.78 Å². The van der Waals surface area contributed by atoms with Gasteiger partial charge in [0, 0.05) is 18.5 Å². The van der Waals surface area contributed by atoms with E-state index in [-0.39, 0.29) is 18.0 Å². The summed E-state index contributed by atoms with van der Waals surface area (Å²) < 4.78 is 13.4. The predicted octanol–water partition coefficient (Wildman–Crippen LogP) is 3.15. The number of rotatable bonds is 5. The normalized spacial score (nSPS) is 10.4. The number of halogens is 1. The third-order valence-electron chi connectivity index (χ3n) is 2.99. The average molecular weight is 257 g/mol. The summed E-state index contributed by atoms with van der Waals surface area (Å²) >= 11 is 0. The van der Waals surface area contributed by atoms with Crippen LogP contribution >= 0.6 is 0 Å². The first kappa shape index (κ1) is 13.3. The molecule has 2 N–H and O–H groups in total. The van der Waals surface area contributed by atoms with Gasteiger partial charge in [0.25, 0.3) is 0 Å². The number of anilines is 1. The molecule has 2 rings (SSSR count). The van der Waals surface area contributed by atoms with Crippen molar-refractivity contribution in [2.24, 2.45) is 0 Å². The molecule has 0 aliphatic heterocycles. The molecule has 0 fully saturated rings. The first-order valence-electron chi connectivity index (χ1n) is 6.24. The van der Waals surface area contributed by atoms with Crippen LogP contribution < -0.4 is 5.73 Å². The summed E-state index contributed by atoms with van der Waals surface area (Å²) in [4.78, 5) is 11.8. The zero-order valence-electron chi connectivity index (χ0n) is 10.6. The van der Waals surface area contributed by atoms with Gasteiger partial charge in [0.2, 0.25) is 0 Å². The summed E-state index contributed by atoms with van der Waals surface area (Å²) in [5.74, 6) is -0.285. The van der Waals surface area contributed by atoms with Crippen LogP contribution in [0.25, 0.3) is 0 Å². The highest BCUT2D eigenvalue weighted by Crippen LogP contribution is 2.12. The largest absolute Gasteiger partial charge is 0.399 e. The lowest BCUT2D eigenvalue weighted by Gasteiger charge is -2.04. The first-order chi connectivity index (χ1) is 9.15. The molecule has 0 unspecified atom stereocenters. The van der Waals surface area contributed by atoms with Gasteiger partial charge in [-0.15, -0.1) is 0 Å². The first-order valence-corrected chi connectivity index (χ1v) is 6.24. The number of carbonyl (C=O) groups is 1. The molecule has 0 aliphatic rings. The van der Waals surface area contributed by atoms with Crippen LogP contribution in [0.15, 0.2) is 48.5 Å². The number of hydrogen-bond donors (Lipinski definition) is 1. The molecule has 0 amide bonds. The fraction of sp³-hybridized carbons (Fsp3) is 0.188. The molecule has 2 aromatic carbocycles. The minimum atomic E-state index is -0.320. The lowest BCUT2D eigenvalue weighted by atomic mass is 10.0. The molecule has 19 heavy (non-hydrogen) atoms. The zero-order chi connectivity index (χ0) is 13.7. The van der Waals surface area contributed by atoms with Crippen LogP contribution in [0.3, 0.4) is 0 Å². The fourth-order valence-corrected chi connectivity index (χ4v) is 1.97. The Hall–Kier alpha value is -2.16. The number of nitrogens with two attached hydrogens (primary N) is 1. The van der Waals surface area contributed by atoms with Gasteiger partial charge in [0.15, 0.2) is 0 Å². The van der Waals surface area contributed by atoms with Gasteiger partial charge in [0.1, 0.15) is 11.6 Å². The van der Waals surface area contributed by atoms with E-state index < -0.39 is 0 Å². The van der Waals surface area contributed by atoms with E-state index in [0.29, 0.717) is 24.1 Å². The topological polar surface area (TPSA) is 43.1 Å². The monoisotopic (exact) mass is 257 g/mol. The quantitative estimate of drug-likeness (QED) is 0.836. The van der Waals surface area contributed by atoms with Crippen molar-refractivity contribution >= 4 is 11.5 Å². The van der Waals surface area contributed by atoms with Gasteiger partial charge < -0.3 is 5.73 Å². The second kappa shape index (κ2) is 6.14. The Balaban J connectivity index is 1.90. The van der Waals surface area contributed by atoms with Crippen molar-refractivity contribution < 1.29 is 9.18 Å². The van der Waals surface area contributed by atoms with E-state index in [4.69, 9.17) is 5.73 Å². The minimum Gasteiger partial charge on any atom is -0.399 e. The van der Waals surface area contributed by atoms with E-state index in [9.17, 15) is 9.18 Å². The Labute approximate surface area is 112 Å². The van der Waals surface area contributed by atoms with E-state index >= 15 is 0 Å². The standard InChI is InChI=1S/C16H16FNO/c17-16-7-2-1-5-13(16)11-15(19)9-8-12-4-3-6-14(18)10-12/h1-7,10H,8-9,11,18H2. The van der Waals surface area contributed by atoms with Gasteiger partial charge in [-0.05, 0) is 35.7 Å². The van der Waals surface area contributed by atoms with Crippen molar-refractivity contribution in [3.63, 3.8) is 0 Å². The highest BCUT2D eigenvalue weighted by atomic mass is 19.1. The fourth-order valence-electron chi connectivity index (χ4n) is 1.97.